The van der Waals surface area contributed by atoms with Gasteiger partial charge >= 0.3 is 17.9 Å². The summed E-state index contributed by atoms with van der Waals surface area (Å²) < 4.78 is 16.1. The van der Waals surface area contributed by atoms with E-state index in [1.54, 1.807) is 0 Å². The van der Waals surface area contributed by atoms with Crippen LogP contribution in [-0.4, -0.2) is 37.2 Å². The third kappa shape index (κ3) is 20.3. The van der Waals surface area contributed by atoms with E-state index in [0.29, 0.717) is 19.3 Å². The van der Waals surface area contributed by atoms with Crippen molar-refractivity contribution >= 4 is 17.9 Å². The Hall–Kier alpha value is -1.59. The van der Waals surface area contributed by atoms with Crippen LogP contribution in [0.2, 0.25) is 0 Å². The number of hydrogen-bond acceptors (Lipinski definition) is 6. The van der Waals surface area contributed by atoms with Crippen LogP contribution in [0, 0.1) is 0 Å². The minimum atomic E-state index is -0.748. The molecule has 0 aliphatic heterocycles. The van der Waals surface area contributed by atoms with E-state index in [1.165, 1.54) is 12.8 Å². The molecule has 1 unspecified atom stereocenters. The van der Waals surface area contributed by atoms with Gasteiger partial charge in [-0.05, 0) is 19.3 Å². The molecule has 0 heterocycles. The van der Waals surface area contributed by atoms with E-state index in [1.807, 2.05) is 0 Å². The van der Waals surface area contributed by atoms with E-state index in [4.69, 9.17) is 14.2 Å². The molecule has 1 atom stereocenters. The first-order valence-corrected chi connectivity index (χ1v) is 13.0. The lowest BCUT2D eigenvalue weighted by Gasteiger charge is -2.18. The summed E-state index contributed by atoms with van der Waals surface area (Å²) in [7, 11) is 0. The number of rotatable bonds is 22. The van der Waals surface area contributed by atoms with Crippen LogP contribution >= 0.6 is 0 Å². The summed E-state index contributed by atoms with van der Waals surface area (Å²) >= 11 is 0. The zero-order valence-corrected chi connectivity index (χ0v) is 21.0. The van der Waals surface area contributed by atoms with Gasteiger partial charge in [-0.3, -0.25) is 14.4 Å². The van der Waals surface area contributed by atoms with Gasteiger partial charge in [0.05, 0.1) is 0 Å². The lowest BCUT2D eigenvalue weighted by atomic mass is 10.1. The Morgan fingerprint density at radius 2 is 0.844 bits per heavy atom. The lowest BCUT2D eigenvalue weighted by Crippen LogP contribution is -2.30. The first kappa shape index (κ1) is 30.4. The van der Waals surface area contributed by atoms with E-state index in [2.05, 4.69) is 20.8 Å². The zero-order valence-electron chi connectivity index (χ0n) is 21.0. The van der Waals surface area contributed by atoms with Gasteiger partial charge in [0.25, 0.3) is 0 Å². The van der Waals surface area contributed by atoms with Gasteiger partial charge in [0.1, 0.15) is 13.2 Å². The monoisotopic (exact) mass is 456 g/mol. The predicted octanol–water partition coefficient (Wildman–Crippen LogP) is 6.68. The topological polar surface area (TPSA) is 78.9 Å². The minimum absolute atomic E-state index is 0.0709. The average molecular weight is 457 g/mol. The fourth-order valence-corrected chi connectivity index (χ4v) is 3.32. The molecule has 0 amide bonds. The standard InChI is InChI=1S/C26H48O6/c1-4-7-10-13-16-19-25(28)31-22-23(21-30-24(27)18-15-12-9-6-3)32-26(29)20-17-14-11-8-5-2/h23H,4-22H2,1-3H3. The first-order chi connectivity index (χ1) is 15.5. The van der Waals surface area contributed by atoms with Gasteiger partial charge in [-0.1, -0.05) is 91.4 Å². The predicted molar refractivity (Wildman–Crippen MR) is 127 cm³/mol. The molecule has 0 aliphatic carbocycles. The summed E-state index contributed by atoms with van der Waals surface area (Å²) in [4.78, 5) is 36.2. The smallest absolute Gasteiger partial charge is 0.306 e. The van der Waals surface area contributed by atoms with Crippen molar-refractivity contribution in [3.8, 4) is 0 Å². The molecule has 0 fully saturated rings. The number of carbonyl (C=O) groups excluding carboxylic acids is 3. The molecule has 0 spiro atoms. The highest BCUT2D eigenvalue weighted by Crippen LogP contribution is 2.10. The normalized spacial score (nSPS) is 11.7. The van der Waals surface area contributed by atoms with Crippen molar-refractivity contribution in [3.05, 3.63) is 0 Å². The van der Waals surface area contributed by atoms with Gasteiger partial charge in [0, 0.05) is 19.3 Å². The Morgan fingerprint density at radius 3 is 1.25 bits per heavy atom. The Bertz CT molecular complexity index is 477. The molecule has 0 saturated heterocycles. The van der Waals surface area contributed by atoms with Crippen molar-refractivity contribution in [1.29, 1.82) is 0 Å². The summed E-state index contributed by atoms with van der Waals surface area (Å²) in [6.45, 7) is 6.28. The number of hydrogen-bond donors (Lipinski definition) is 0. The second-order valence-electron chi connectivity index (χ2n) is 8.62. The van der Waals surface area contributed by atoms with Crippen LogP contribution in [0.4, 0.5) is 0 Å². The van der Waals surface area contributed by atoms with Crippen molar-refractivity contribution in [2.24, 2.45) is 0 Å². The first-order valence-electron chi connectivity index (χ1n) is 13.0. The second-order valence-corrected chi connectivity index (χ2v) is 8.62. The fraction of sp³-hybridized carbons (Fsp3) is 0.885. The fourth-order valence-electron chi connectivity index (χ4n) is 3.32. The molecular weight excluding hydrogens is 408 g/mol. The highest BCUT2D eigenvalue weighted by Gasteiger charge is 2.19. The van der Waals surface area contributed by atoms with Crippen molar-refractivity contribution in [2.45, 2.75) is 136 Å². The molecule has 6 heteroatoms. The Morgan fingerprint density at radius 1 is 0.500 bits per heavy atom. The van der Waals surface area contributed by atoms with Gasteiger partial charge in [0.2, 0.25) is 0 Å². The molecule has 0 saturated carbocycles. The van der Waals surface area contributed by atoms with E-state index in [0.717, 1.165) is 77.0 Å². The number of unbranched alkanes of at least 4 members (excludes halogenated alkanes) is 11. The highest BCUT2D eigenvalue weighted by atomic mass is 16.6. The quantitative estimate of drug-likeness (QED) is 0.103. The number of carbonyl (C=O) groups is 3. The van der Waals surface area contributed by atoms with E-state index >= 15 is 0 Å². The van der Waals surface area contributed by atoms with Crippen LogP contribution in [0.5, 0.6) is 0 Å². The zero-order chi connectivity index (χ0) is 23.9. The van der Waals surface area contributed by atoms with Gasteiger partial charge in [0.15, 0.2) is 6.10 Å². The molecule has 0 aliphatic rings. The highest BCUT2D eigenvalue weighted by molar-refractivity contribution is 5.71. The van der Waals surface area contributed by atoms with Gasteiger partial charge in [-0.25, -0.2) is 0 Å². The van der Waals surface area contributed by atoms with E-state index in [-0.39, 0.29) is 31.1 Å². The molecule has 0 aromatic rings. The molecule has 0 rings (SSSR count). The van der Waals surface area contributed by atoms with Gasteiger partial charge in [-0.2, -0.15) is 0 Å². The van der Waals surface area contributed by atoms with Crippen LogP contribution in [0.25, 0.3) is 0 Å². The summed E-state index contributed by atoms with van der Waals surface area (Å²) in [5.41, 5.74) is 0. The third-order valence-corrected chi connectivity index (χ3v) is 5.36. The molecule has 188 valence electrons. The third-order valence-electron chi connectivity index (χ3n) is 5.36. The molecule has 0 bridgehead atoms. The van der Waals surface area contributed by atoms with Gasteiger partial charge in [-0.15, -0.1) is 0 Å². The van der Waals surface area contributed by atoms with Crippen molar-refractivity contribution < 1.29 is 28.6 Å². The van der Waals surface area contributed by atoms with Crippen LogP contribution in [0.3, 0.4) is 0 Å². The van der Waals surface area contributed by atoms with Gasteiger partial charge < -0.3 is 14.2 Å². The molecule has 0 aromatic carbocycles. The summed E-state index contributed by atoms with van der Waals surface area (Å²) in [5, 5.41) is 0. The van der Waals surface area contributed by atoms with E-state index < -0.39 is 6.10 Å². The molecule has 6 nitrogen and oxygen atoms in total. The van der Waals surface area contributed by atoms with Crippen molar-refractivity contribution in [2.75, 3.05) is 13.2 Å². The number of ether oxygens (including phenoxy) is 3. The SMILES string of the molecule is CCCCCCCC(=O)OCC(COC(=O)CCCCCC)OC(=O)CCCCCCC. The molecule has 32 heavy (non-hydrogen) atoms. The molecule has 0 N–H and O–H groups in total. The Labute approximate surface area is 196 Å². The Balaban J connectivity index is 4.37. The minimum Gasteiger partial charge on any atom is -0.462 e. The molecule has 0 aromatic heterocycles. The van der Waals surface area contributed by atoms with Crippen molar-refractivity contribution in [1.82, 2.24) is 0 Å². The summed E-state index contributed by atoms with van der Waals surface area (Å²) in [6.07, 6.45) is 14.8. The number of esters is 3. The van der Waals surface area contributed by atoms with Crippen LogP contribution in [-0.2, 0) is 28.6 Å². The van der Waals surface area contributed by atoms with E-state index in [9.17, 15) is 14.4 Å². The maximum absolute atomic E-state index is 12.2. The van der Waals surface area contributed by atoms with Crippen LogP contribution in [0.1, 0.15) is 130 Å². The van der Waals surface area contributed by atoms with Crippen LogP contribution in [0.15, 0.2) is 0 Å². The maximum Gasteiger partial charge on any atom is 0.306 e. The summed E-state index contributed by atoms with van der Waals surface area (Å²) in [5.74, 6) is -0.932. The maximum atomic E-state index is 12.2. The average Bonchev–Trinajstić information content (AvgIpc) is 2.78. The van der Waals surface area contributed by atoms with Crippen LogP contribution < -0.4 is 0 Å². The summed E-state index contributed by atoms with van der Waals surface area (Å²) in [6, 6.07) is 0. The molecule has 0 radical (unpaired) electrons. The second kappa shape index (κ2) is 22.6. The molecular formula is C26H48O6. The van der Waals surface area contributed by atoms with Crippen molar-refractivity contribution in [3.63, 3.8) is 0 Å². The lowest BCUT2D eigenvalue weighted by molar-refractivity contribution is -0.167. The largest absolute Gasteiger partial charge is 0.462 e. The Kier molecular flexibility index (Phi) is 21.5.